The Labute approximate surface area is 150 Å². The number of hydrogen-bond donors (Lipinski definition) is 2. The van der Waals surface area contributed by atoms with Gasteiger partial charge in [-0.05, 0) is 51.3 Å². The number of ketones is 1. The van der Waals surface area contributed by atoms with E-state index in [2.05, 4.69) is 0 Å². The van der Waals surface area contributed by atoms with Crippen LogP contribution < -0.4 is 5.63 Å². The van der Waals surface area contributed by atoms with Gasteiger partial charge in [0.1, 0.15) is 28.8 Å². The lowest BCUT2D eigenvalue weighted by Crippen LogP contribution is -2.21. The van der Waals surface area contributed by atoms with E-state index in [1.807, 2.05) is 0 Å². The number of aliphatic hydroxyl groups is 1. The van der Waals surface area contributed by atoms with E-state index < -0.39 is 11.7 Å². The highest BCUT2D eigenvalue weighted by Gasteiger charge is 2.24. The Morgan fingerprint density at radius 2 is 1.96 bits per heavy atom. The van der Waals surface area contributed by atoms with E-state index in [1.165, 1.54) is 6.08 Å². The molecule has 3 rings (SSSR count). The van der Waals surface area contributed by atoms with Crippen LogP contribution >= 0.6 is 0 Å². The second-order valence-corrected chi connectivity index (χ2v) is 6.93. The number of carbonyl (C=O) groups is 1. The molecule has 1 aromatic carbocycles. The van der Waals surface area contributed by atoms with Crippen LogP contribution in [0.2, 0.25) is 0 Å². The molecule has 2 N–H and O–H groups in total. The van der Waals surface area contributed by atoms with Crippen LogP contribution in [0.4, 0.5) is 0 Å². The predicted octanol–water partition coefficient (Wildman–Crippen LogP) is 2.76. The van der Waals surface area contributed by atoms with Gasteiger partial charge in [-0.3, -0.25) is 4.79 Å². The van der Waals surface area contributed by atoms with Crippen LogP contribution in [0.1, 0.15) is 42.5 Å². The summed E-state index contributed by atoms with van der Waals surface area (Å²) in [6.07, 6.45) is 0.909. The lowest BCUT2D eigenvalue weighted by atomic mass is 9.93. The smallest absolute Gasteiger partial charge is 0.347 e. The number of aromatic hydroxyl groups is 1. The van der Waals surface area contributed by atoms with Crippen LogP contribution in [-0.4, -0.2) is 28.2 Å². The molecule has 2 atom stereocenters. The molecule has 2 heterocycles. The summed E-state index contributed by atoms with van der Waals surface area (Å²) in [5.41, 5.74) is 1.57. The molecular weight excluding hydrogens is 336 g/mol. The number of fused-ring (bicyclic) bond motifs is 1. The number of phenols is 1. The van der Waals surface area contributed by atoms with Crippen LogP contribution in [-0.2, 0) is 16.0 Å². The standard InChI is InChI=1S/C20H22O6/c1-9(21)5-14-11(3)18(23)12(4)19-15(14)8-16(20(24)26-19)17-7-13(22)6-10(2)25-17/h7-10,21,23H,5-6H2,1-4H3/t9-,10-/m0/s1. The average molecular weight is 358 g/mol. The molecule has 6 nitrogen and oxygen atoms in total. The highest BCUT2D eigenvalue weighted by atomic mass is 16.5. The summed E-state index contributed by atoms with van der Waals surface area (Å²) in [6.45, 7) is 6.84. The number of phenolic OH excluding ortho intramolecular Hbond substituents is 1. The van der Waals surface area contributed by atoms with Gasteiger partial charge >= 0.3 is 5.63 Å². The summed E-state index contributed by atoms with van der Waals surface area (Å²) in [7, 11) is 0. The maximum atomic E-state index is 12.5. The normalized spacial score (nSPS) is 18.6. The van der Waals surface area contributed by atoms with Crippen LogP contribution in [0, 0.1) is 13.8 Å². The van der Waals surface area contributed by atoms with Gasteiger partial charge in [0.05, 0.1) is 6.10 Å². The van der Waals surface area contributed by atoms with E-state index in [1.54, 1.807) is 33.8 Å². The van der Waals surface area contributed by atoms with E-state index in [4.69, 9.17) is 9.15 Å². The molecule has 0 aliphatic carbocycles. The third kappa shape index (κ3) is 3.12. The Bertz CT molecular complexity index is 980. The number of benzene rings is 1. The first-order valence-electron chi connectivity index (χ1n) is 8.57. The Balaban J connectivity index is 2.31. The number of aliphatic hydroxyl groups excluding tert-OH is 1. The van der Waals surface area contributed by atoms with Crippen molar-refractivity contribution in [3.63, 3.8) is 0 Å². The van der Waals surface area contributed by atoms with E-state index in [0.29, 0.717) is 28.5 Å². The zero-order valence-electron chi connectivity index (χ0n) is 15.3. The van der Waals surface area contributed by atoms with Gasteiger partial charge in [0, 0.05) is 23.4 Å². The van der Waals surface area contributed by atoms with E-state index in [-0.39, 0.29) is 41.0 Å². The number of allylic oxidation sites excluding steroid dienone is 1. The van der Waals surface area contributed by atoms with Gasteiger partial charge in [0.25, 0.3) is 0 Å². The zero-order chi connectivity index (χ0) is 19.2. The molecule has 0 bridgehead atoms. The molecule has 138 valence electrons. The van der Waals surface area contributed by atoms with Crippen molar-refractivity contribution in [3.8, 4) is 5.75 Å². The summed E-state index contributed by atoms with van der Waals surface area (Å²) in [5, 5.41) is 20.8. The SMILES string of the molecule is Cc1c(O)c(C)c2oc(=O)c(C3=CC(=O)C[C@H](C)O3)cc2c1C[C@H](C)O. The average Bonchev–Trinajstić information content (AvgIpc) is 2.55. The molecule has 1 aromatic heterocycles. The summed E-state index contributed by atoms with van der Waals surface area (Å²) in [5.74, 6) is 0.122. The van der Waals surface area contributed by atoms with Crippen molar-refractivity contribution in [2.75, 3.05) is 0 Å². The van der Waals surface area contributed by atoms with Crippen molar-refractivity contribution in [1.82, 2.24) is 0 Å². The second kappa shape index (κ2) is 6.61. The Kier molecular flexibility index (Phi) is 4.63. The number of rotatable bonds is 3. The minimum Gasteiger partial charge on any atom is -0.507 e. The molecule has 0 unspecified atom stereocenters. The van der Waals surface area contributed by atoms with Crippen LogP contribution in [0.5, 0.6) is 5.75 Å². The minimum absolute atomic E-state index is 0.0426. The summed E-state index contributed by atoms with van der Waals surface area (Å²) >= 11 is 0. The number of ether oxygens (including phenoxy) is 1. The van der Waals surface area contributed by atoms with Gasteiger partial charge in [-0.2, -0.15) is 0 Å². The van der Waals surface area contributed by atoms with Crippen molar-refractivity contribution in [2.45, 2.75) is 52.7 Å². The Morgan fingerprint density at radius 1 is 1.27 bits per heavy atom. The molecule has 2 aromatic rings. The van der Waals surface area contributed by atoms with Gasteiger partial charge < -0.3 is 19.4 Å². The highest BCUT2D eigenvalue weighted by Crippen LogP contribution is 2.36. The molecule has 6 heteroatoms. The maximum Gasteiger partial charge on any atom is 0.347 e. The maximum absolute atomic E-state index is 12.5. The molecular formula is C20H22O6. The fourth-order valence-electron chi connectivity index (χ4n) is 3.36. The van der Waals surface area contributed by atoms with Gasteiger partial charge in [-0.15, -0.1) is 0 Å². The Morgan fingerprint density at radius 3 is 2.58 bits per heavy atom. The van der Waals surface area contributed by atoms with Gasteiger partial charge in [-0.25, -0.2) is 4.79 Å². The molecule has 0 fully saturated rings. The van der Waals surface area contributed by atoms with E-state index >= 15 is 0 Å². The first kappa shape index (κ1) is 18.2. The molecule has 0 amide bonds. The lowest BCUT2D eigenvalue weighted by Gasteiger charge is -2.21. The quantitative estimate of drug-likeness (QED) is 0.819. The largest absolute Gasteiger partial charge is 0.507 e. The number of carbonyl (C=O) groups excluding carboxylic acids is 1. The highest BCUT2D eigenvalue weighted by molar-refractivity contribution is 5.98. The molecule has 0 radical (unpaired) electrons. The van der Waals surface area contributed by atoms with Crippen LogP contribution in [0.25, 0.3) is 16.7 Å². The molecule has 1 aliphatic heterocycles. The van der Waals surface area contributed by atoms with Crippen LogP contribution in [0.15, 0.2) is 21.4 Å². The van der Waals surface area contributed by atoms with Crippen LogP contribution in [0.3, 0.4) is 0 Å². The van der Waals surface area contributed by atoms with Crippen molar-refractivity contribution in [1.29, 1.82) is 0 Å². The molecule has 1 aliphatic rings. The molecule has 0 saturated heterocycles. The topological polar surface area (TPSA) is 97.0 Å². The van der Waals surface area contributed by atoms with Crippen molar-refractivity contribution in [2.24, 2.45) is 0 Å². The second-order valence-electron chi connectivity index (χ2n) is 6.93. The van der Waals surface area contributed by atoms with E-state index in [0.717, 1.165) is 0 Å². The van der Waals surface area contributed by atoms with Crippen molar-refractivity contribution < 1.29 is 24.2 Å². The summed E-state index contributed by atoms with van der Waals surface area (Å²) < 4.78 is 11.1. The van der Waals surface area contributed by atoms with Gasteiger partial charge in [0.2, 0.25) is 0 Å². The fourth-order valence-corrected chi connectivity index (χ4v) is 3.36. The molecule has 0 saturated carbocycles. The minimum atomic E-state index is -0.639. The third-order valence-electron chi connectivity index (χ3n) is 4.65. The fraction of sp³-hybridized carbons (Fsp3) is 0.400. The predicted molar refractivity (Wildman–Crippen MR) is 97.2 cm³/mol. The van der Waals surface area contributed by atoms with Crippen molar-refractivity contribution >= 4 is 22.5 Å². The van der Waals surface area contributed by atoms with Gasteiger partial charge in [-0.1, -0.05) is 0 Å². The summed E-state index contributed by atoms with van der Waals surface area (Å²) in [6, 6.07) is 1.62. The number of hydrogen-bond acceptors (Lipinski definition) is 6. The first-order chi connectivity index (χ1) is 12.2. The lowest BCUT2D eigenvalue weighted by molar-refractivity contribution is -0.117. The van der Waals surface area contributed by atoms with E-state index in [9.17, 15) is 19.8 Å². The van der Waals surface area contributed by atoms with Gasteiger partial charge in [0.15, 0.2) is 5.78 Å². The monoisotopic (exact) mass is 358 g/mol. The molecule has 26 heavy (non-hydrogen) atoms. The Hall–Kier alpha value is -2.60. The van der Waals surface area contributed by atoms with Crippen molar-refractivity contribution in [3.05, 3.63) is 44.8 Å². The first-order valence-corrected chi connectivity index (χ1v) is 8.57. The third-order valence-corrected chi connectivity index (χ3v) is 4.65. The summed E-state index contributed by atoms with van der Waals surface area (Å²) in [4.78, 5) is 24.3. The zero-order valence-corrected chi connectivity index (χ0v) is 15.3. The molecule has 0 spiro atoms. The number of aryl methyl sites for hydroxylation is 1.